The van der Waals surface area contributed by atoms with E-state index in [4.69, 9.17) is 4.74 Å². The van der Waals surface area contributed by atoms with Crippen molar-refractivity contribution < 1.29 is 14.3 Å². The van der Waals surface area contributed by atoms with Crippen molar-refractivity contribution in [3.05, 3.63) is 65.2 Å². The Morgan fingerprint density at radius 1 is 0.929 bits per heavy atom. The largest absolute Gasteiger partial charge is 0.497 e. The fourth-order valence-electron chi connectivity index (χ4n) is 4.42. The maximum Gasteiger partial charge on any atom is 0.325 e. The number of imide groups is 1. The summed E-state index contributed by atoms with van der Waals surface area (Å²) < 4.78 is 5.27. The van der Waals surface area contributed by atoms with Crippen LogP contribution in [0.5, 0.6) is 5.75 Å². The van der Waals surface area contributed by atoms with Crippen LogP contribution in [0.1, 0.15) is 48.8 Å². The lowest BCUT2D eigenvalue weighted by Gasteiger charge is -2.31. The van der Waals surface area contributed by atoms with Gasteiger partial charge in [0.15, 0.2) is 5.54 Å². The highest BCUT2D eigenvalue weighted by atomic mass is 16.5. The van der Waals surface area contributed by atoms with Crippen LogP contribution in [-0.2, 0) is 10.3 Å². The maximum atomic E-state index is 13.8. The zero-order chi connectivity index (χ0) is 19.7. The Balaban J connectivity index is 1.82. The molecule has 2 aromatic carbocycles. The average Bonchev–Trinajstić information content (AvgIpc) is 3.00. The van der Waals surface area contributed by atoms with Gasteiger partial charge in [0.25, 0.3) is 5.91 Å². The van der Waals surface area contributed by atoms with E-state index in [0.29, 0.717) is 5.75 Å². The number of carbonyl (C=O) groups excluding carboxylic acids is 2. The Bertz CT molecular complexity index is 870. The molecule has 3 amide bonds. The molecule has 1 N–H and O–H groups in total. The molecule has 0 radical (unpaired) electrons. The predicted octanol–water partition coefficient (Wildman–Crippen LogP) is 4.13. The first-order valence-electron chi connectivity index (χ1n) is 9.94. The Morgan fingerprint density at radius 3 is 2.07 bits per heavy atom. The van der Waals surface area contributed by atoms with Crippen molar-refractivity contribution in [2.75, 3.05) is 7.11 Å². The first kappa shape index (κ1) is 18.5. The Labute approximate surface area is 165 Å². The number of hydrogen-bond acceptors (Lipinski definition) is 3. The number of rotatable bonds is 4. The smallest absolute Gasteiger partial charge is 0.325 e. The van der Waals surface area contributed by atoms with E-state index in [1.807, 2.05) is 55.5 Å². The van der Waals surface area contributed by atoms with E-state index in [1.54, 1.807) is 7.11 Å². The van der Waals surface area contributed by atoms with Gasteiger partial charge in [-0.1, -0.05) is 61.2 Å². The van der Waals surface area contributed by atoms with Gasteiger partial charge in [-0.25, -0.2) is 4.79 Å². The van der Waals surface area contributed by atoms with Crippen molar-refractivity contribution in [1.82, 2.24) is 10.2 Å². The zero-order valence-corrected chi connectivity index (χ0v) is 16.4. The Morgan fingerprint density at radius 2 is 1.50 bits per heavy atom. The molecule has 0 spiro atoms. The van der Waals surface area contributed by atoms with Gasteiger partial charge in [0, 0.05) is 6.04 Å². The summed E-state index contributed by atoms with van der Waals surface area (Å²) in [5.74, 6) is 0.530. The Hall–Kier alpha value is -2.82. The molecule has 2 aliphatic rings. The summed E-state index contributed by atoms with van der Waals surface area (Å²) in [6, 6.07) is 14.9. The highest BCUT2D eigenvalue weighted by Gasteiger charge is 2.55. The fourth-order valence-corrected chi connectivity index (χ4v) is 4.42. The van der Waals surface area contributed by atoms with Crippen LogP contribution in [0.25, 0.3) is 0 Å². The molecule has 1 saturated heterocycles. The molecule has 146 valence electrons. The first-order chi connectivity index (χ1) is 13.6. The van der Waals surface area contributed by atoms with E-state index in [2.05, 4.69) is 5.32 Å². The number of hydrogen-bond donors (Lipinski definition) is 1. The molecule has 4 rings (SSSR count). The molecular formula is C23H26N2O3. The van der Waals surface area contributed by atoms with Crippen LogP contribution in [-0.4, -0.2) is 30.0 Å². The summed E-state index contributed by atoms with van der Waals surface area (Å²) in [5, 5.41) is 3.05. The summed E-state index contributed by atoms with van der Waals surface area (Å²) in [5.41, 5.74) is 1.43. The van der Waals surface area contributed by atoms with E-state index < -0.39 is 5.54 Å². The Kier molecular flexibility index (Phi) is 4.84. The molecular weight excluding hydrogens is 352 g/mol. The van der Waals surface area contributed by atoms with Gasteiger partial charge in [0.2, 0.25) is 0 Å². The van der Waals surface area contributed by atoms with E-state index in [9.17, 15) is 9.59 Å². The second kappa shape index (κ2) is 7.30. The third-order valence-corrected chi connectivity index (χ3v) is 6.00. The summed E-state index contributed by atoms with van der Waals surface area (Å²) >= 11 is 0. The molecule has 1 atom stereocenters. The van der Waals surface area contributed by atoms with Gasteiger partial charge in [0.1, 0.15) is 5.75 Å². The molecule has 1 heterocycles. The van der Waals surface area contributed by atoms with Crippen LogP contribution in [0.4, 0.5) is 4.79 Å². The van der Waals surface area contributed by atoms with Crippen molar-refractivity contribution in [2.45, 2.75) is 50.6 Å². The second-order valence-electron chi connectivity index (χ2n) is 7.74. The zero-order valence-electron chi connectivity index (χ0n) is 16.4. The van der Waals surface area contributed by atoms with Crippen LogP contribution in [0.2, 0.25) is 0 Å². The molecule has 1 aliphatic heterocycles. The quantitative estimate of drug-likeness (QED) is 0.814. The fraction of sp³-hybridized carbons (Fsp3) is 0.391. The molecule has 1 saturated carbocycles. The SMILES string of the molecule is COc1ccc(C2(c3ccc(C)cc3)NC(=O)N(C3CCCCC3)C2=O)cc1. The van der Waals surface area contributed by atoms with Gasteiger partial charge in [-0.2, -0.15) is 0 Å². The second-order valence-corrected chi connectivity index (χ2v) is 7.74. The molecule has 1 aliphatic carbocycles. The van der Waals surface area contributed by atoms with Crippen LogP contribution in [0, 0.1) is 6.92 Å². The molecule has 0 aromatic heterocycles. The molecule has 28 heavy (non-hydrogen) atoms. The molecule has 2 aromatic rings. The van der Waals surface area contributed by atoms with Gasteiger partial charge in [0.05, 0.1) is 7.11 Å². The monoisotopic (exact) mass is 378 g/mol. The van der Waals surface area contributed by atoms with E-state index in [1.165, 1.54) is 11.3 Å². The lowest BCUT2D eigenvalue weighted by molar-refractivity contribution is -0.132. The third-order valence-electron chi connectivity index (χ3n) is 6.00. The molecule has 5 heteroatoms. The number of nitrogens with zero attached hydrogens (tertiary/aromatic N) is 1. The number of nitrogens with one attached hydrogen (secondary N) is 1. The minimum atomic E-state index is -1.20. The van der Waals surface area contributed by atoms with Gasteiger partial charge in [-0.15, -0.1) is 0 Å². The number of ether oxygens (including phenoxy) is 1. The summed E-state index contributed by atoms with van der Waals surface area (Å²) in [6.45, 7) is 2.01. The average molecular weight is 378 g/mol. The van der Waals surface area contributed by atoms with E-state index in [0.717, 1.165) is 42.4 Å². The molecule has 2 fully saturated rings. The normalized spacial score (nSPS) is 23.0. The maximum absolute atomic E-state index is 13.8. The lowest BCUT2D eigenvalue weighted by Crippen LogP contribution is -2.46. The van der Waals surface area contributed by atoms with Crippen LogP contribution < -0.4 is 10.1 Å². The van der Waals surface area contributed by atoms with Gasteiger partial charge < -0.3 is 10.1 Å². The van der Waals surface area contributed by atoms with Gasteiger partial charge in [-0.3, -0.25) is 9.69 Å². The lowest BCUT2D eigenvalue weighted by atomic mass is 9.81. The van der Waals surface area contributed by atoms with Crippen LogP contribution >= 0.6 is 0 Å². The minimum Gasteiger partial charge on any atom is -0.497 e. The number of aryl methyl sites for hydroxylation is 1. The summed E-state index contributed by atoms with van der Waals surface area (Å²) in [4.78, 5) is 28.3. The topological polar surface area (TPSA) is 58.6 Å². The number of amides is 3. The van der Waals surface area contributed by atoms with Crippen molar-refractivity contribution in [3.63, 3.8) is 0 Å². The summed E-state index contributed by atoms with van der Waals surface area (Å²) in [7, 11) is 1.61. The minimum absolute atomic E-state index is 0.0215. The third kappa shape index (κ3) is 2.95. The number of benzene rings is 2. The molecule has 0 bridgehead atoms. The number of carbonyl (C=O) groups is 2. The highest BCUT2D eigenvalue weighted by molar-refractivity contribution is 6.09. The van der Waals surface area contributed by atoms with E-state index >= 15 is 0 Å². The van der Waals surface area contributed by atoms with Crippen molar-refractivity contribution in [2.24, 2.45) is 0 Å². The number of methoxy groups -OCH3 is 1. The van der Waals surface area contributed by atoms with Crippen LogP contribution in [0.3, 0.4) is 0 Å². The first-order valence-corrected chi connectivity index (χ1v) is 9.94. The van der Waals surface area contributed by atoms with Crippen molar-refractivity contribution in [1.29, 1.82) is 0 Å². The van der Waals surface area contributed by atoms with E-state index in [-0.39, 0.29) is 18.0 Å². The highest BCUT2D eigenvalue weighted by Crippen LogP contribution is 2.39. The number of urea groups is 1. The summed E-state index contributed by atoms with van der Waals surface area (Å²) in [6.07, 6.45) is 5.04. The van der Waals surface area contributed by atoms with Gasteiger partial charge >= 0.3 is 6.03 Å². The predicted molar refractivity (Wildman–Crippen MR) is 107 cm³/mol. The standard InChI is InChI=1S/C23H26N2O3/c1-16-8-10-17(11-9-16)23(18-12-14-20(28-2)15-13-18)21(26)25(22(27)24-23)19-6-4-3-5-7-19/h8-15,19H,3-7H2,1-2H3,(H,24,27). The molecule has 5 nitrogen and oxygen atoms in total. The van der Waals surface area contributed by atoms with Crippen LogP contribution in [0.15, 0.2) is 48.5 Å². The van der Waals surface area contributed by atoms with Crippen molar-refractivity contribution >= 4 is 11.9 Å². The molecule has 1 unspecified atom stereocenters. The van der Waals surface area contributed by atoms with Crippen molar-refractivity contribution in [3.8, 4) is 5.75 Å². The van der Waals surface area contributed by atoms with Gasteiger partial charge in [-0.05, 0) is 43.0 Å².